The van der Waals surface area contributed by atoms with Crippen molar-refractivity contribution in [1.29, 1.82) is 0 Å². The summed E-state index contributed by atoms with van der Waals surface area (Å²) in [5, 5.41) is 32.7. The van der Waals surface area contributed by atoms with Gasteiger partial charge in [0.2, 0.25) is 0 Å². The standard InChI is InChI=1S/C22H36O3/c1-5-13-6-7-15-17-16(9-10-20(13,15)2)21(3)11-8-14(23)12-22(21,4)19(25)18(17)24/h5,14-19,23-25H,6-12H2,1-4H3/b13-5-/t14-,15?,16?,17?,18+,19-,20+,21+,22?/m0/s1. The molecule has 0 saturated heterocycles. The predicted molar refractivity (Wildman–Crippen MR) is 98.9 cm³/mol. The van der Waals surface area contributed by atoms with Crippen LogP contribution in [0.2, 0.25) is 0 Å². The second-order valence-electron chi connectivity index (χ2n) is 10.3. The molecule has 4 unspecified atom stereocenters. The fourth-order valence-corrected chi connectivity index (χ4v) is 7.97. The van der Waals surface area contributed by atoms with E-state index in [2.05, 4.69) is 33.8 Å². The van der Waals surface area contributed by atoms with Gasteiger partial charge in [0.05, 0.1) is 18.3 Å². The number of hydrogen-bond donors (Lipinski definition) is 3. The predicted octanol–water partition coefficient (Wildman–Crippen LogP) is 3.67. The first-order valence-electron chi connectivity index (χ1n) is 10.4. The zero-order valence-electron chi connectivity index (χ0n) is 16.3. The second-order valence-corrected chi connectivity index (χ2v) is 10.3. The van der Waals surface area contributed by atoms with Crippen molar-refractivity contribution in [2.45, 2.75) is 91.0 Å². The molecular weight excluding hydrogens is 312 g/mol. The van der Waals surface area contributed by atoms with Gasteiger partial charge in [-0.2, -0.15) is 0 Å². The van der Waals surface area contributed by atoms with Gasteiger partial charge >= 0.3 is 0 Å². The average molecular weight is 349 g/mol. The molecule has 3 heteroatoms. The molecular formula is C22H36O3. The van der Waals surface area contributed by atoms with Crippen LogP contribution in [0.1, 0.15) is 72.6 Å². The summed E-state index contributed by atoms with van der Waals surface area (Å²) in [5.41, 5.74) is 1.39. The van der Waals surface area contributed by atoms with Gasteiger partial charge in [0.15, 0.2) is 0 Å². The molecule has 4 aliphatic carbocycles. The van der Waals surface area contributed by atoms with Crippen LogP contribution < -0.4 is 0 Å². The summed E-state index contributed by atoms with van der Waals surface area (Å²) in [6.45, 7) is 9.03. The smallest absolute Gasteiger partial charge is 0.0861 e. The van der Waals surface area contributed by atoms with Crippen LogP contribution in [0.3, 0.4) is 0 Å². The molecule has 0 aromatic heterocycles. The highest BCUT2D eigenvalue weighted by atomic mass is 16.3. The highest BCUT2D eigenvalue weighted by molar-refractivity contribution is 5.26. The molecule has 4 fully saturated rings. The molecule has 0 aromatic rings. The Morgan fingerprint density at radius 3 is 2.32 bits per heavy atom. The summed E-state index contributed by atoms with van der Waals surface area (Å²) in [7, 11) is 0. The van der Waals surface area contributed by atoms with Crippen molar-refractivity contribution in [3.8, 4) is 0 Å². The summed E-state index contributed by atoms with van der Waals surface area (Å²) in [4.78, 5) is 0. The zero-order valence-corrected chi connectivity index (χ0v) is 16.3. The number of hydrogen-bond acceptors (Lipinski definition) is 3. The van der Waals surface area contributed by atoms with E-state index in [9.17, 15) is 15.3 Å². The third-order valence-electron chi connectivity index (χ3n) is 9.68. The number of fused-ring (bicyclic) bond motifs is 5. The molecule has 142 valence electrons. The highest BCUT2D eigenvalue weighted by Crippen LogP contribution is 2.70. The fourth-order valence-electron chi connectivity index (χ4n) is 7.97. The third kappa shape index (κ3) is 2.09. The minimum Gasteiger partial charge on any atom is -0.393 e. The quantitative estimate of drug-likeness (QED) is 0.585. The Morgan fingerprint density at radius 2 is 1.64 bits per heavy atom. The largest absolute Gasteiger partial charge is 0.393 e. The third-order valence-corrected chi connectivity index (χ3v) is 9.68. The lowest BCUT2D eigenvalue weighted by atomic mass is 9.39. The Bertz CT molecular complexity index is 586. The second kappa shape index (κ2) is 5.56. The van der Waals surface area contributed by atoms with E-state index < -0.39 is 12.2 Å². The zero-order chi connectivity index (χ0) is 18.2. The molecule has 0 bridgehead atoms. The first-order valence-corrected chi connectivity index (χ1v) is 10.4. The van der Waals surface area contributed by atoms with E-state index in [1.165, 1.54) is 6.42 Å². The molecule has 0 amide bonds. The molecule has 4 aliphatic rings. The summed E-state index contributed by atoms with van der Waals surface area (Å²) >= 11 is 0. The van der Waals surface area contributed by atoms with Gasteiger partial charge in [-0.1, -0.05) is 32.4 Å². The van der Waals surface area contributed by atoms with Crippen LogP contribution in [0, 0.1) is 34.0 Å². The highest BCUT2D eigenvalue weighted by Gasteiger charge is 2.68. The van der Waals surface area contributed by atoms with Crippen LogP contribution in [-0.2, 0) is 0 Å². The van der Waals surface area contributed by atoms with E-state index in [0.29, 0.717) is 18.3 Å². The van der Waals surface area contributed by atoms with Crippen molar-refractivity contribution in [2.75, 3.05) is 0 Å². The summed E-state index contributed by atoms with van der Waals surface area (Å²) in [5.74, 6) is 1.13. The molecule has 4 rings (SSSR count). The Morgan fingerprint density at radius 1 is 0.920 bits per heavy atom. The molecule has 0 spiro atoms. The van der Waals surface area contributed by atoms with Crippen LogP contribution in [0.15, 0.2) is 11.6 Å². The summed E-state index contributed by atoms with van der Waals surface area (Å²) in [6.07, 6.45) is 7.63. The molecule has 0 aliphatic heterocycles. The van der Waals surface area contributed by atoms with Gasteiger partial charge in [-0.25, -0.2) is 0 Å². The number of rotatable bonds is 0. The van der Waals surface area contributed by atoms with Crippen LogP contribution in [0.5, 0.6) is 0 Å². The van der Waals surface area contributed by atoms with E-state index in [1.807, 2.05) is 0 Å². The topological polar surface area (TPSA) is 60.7 Å². The maximum atomic E-state index is 11.2. The maximum Gasteiger partial charge on any atom is 0.0861 e. The van der Waals surface area contributed by atoms with Gasteiger partial charge in [0.1, 0.15) is 0 Å². The number of allylic oxidation sites excluding steroid dienone is 2. The van der Waals surface area contributed by atoms with Gasteiger partial charge in [-0.15, -0.1) is 0 Å². The van der Waals surface area contributed by atoms with E-state index in [0.717, 1.165) is 32.1 Å². The van der Waals surface area contributed by atoms with Crippen molar-refractivity contribution < 1.29 is 15.3 Å². The van der Waals surface area contributed by atoms with Crippen LogP contribution >= 0.6 is 0 Å². The molecule has 0 aromatic carbocycles. The average Bonchev–Trinajstić information content (AvgIpc) is 2.91. The molecule has 25 heavy (non-hydrogen) atoms. The van der Waals surface area contributed by atoms with E-state index in [4.69, 9.17) is 0 Å². The normalized spacial score (nSPS) is 60.0. The van der Waals surface area contributed by atoms with Crippen LogP contribution in [-0.4, -0.2) is 33.6 Å². The Labute approximate surface area is 152 Å². The van der Waals surface area contributed by atoms with E-state index in [1.54, 1.807) is 5.57 Å². The van der Waals surface area contributed by atoms with Gasteiger partial charge in [0.25, 0.3) is 0 Å². The first-order chi connectivity index (χ1) is 11.7. The van der Waals surface area contributed by atoms with Crippen molar-refractivity contribution >= 4 is 0 Å². The number of aliphatic hydroxyl groups is 3. The first kappa shape index (κ1) is 18.0. The van der Waals surface area contributed by atoms with Gasteiger partial charge < -0.3 is 15.3 Å². The Balaban J connectivity index is 1.77. The van der Waals surface area contributed by atoms with Crippen molar-refractivity contribution in [1.82, 2.24) is 0 Å². The maximum absolute atomic E-state index is 11.2. The number of aliphatic hydroxyl groups excluding tert-OH is 3. The van der Waals surface area contributed by atoms with Crippen molar-refractivity contribution in [3.63, 3.8) is 0 Å². The molecule has 9 atom stereocenters. The van der Waals surface area contributed by atoms with Crippen LogP contribution in [0.25, 0.3) is 0 Å². The molecule has 3 N–H and O–H groups in total. The van der Waals surface area contributed by atoms with Gasteiger partial charge in [-0.3, -0.25) is 0 Å². The lowest BCUT2D eigenvalue weighted by Crippen LogP contribution is -2.68. The molecule has 3 nitrogen and oxygen atoms in total. The summed E-state index contributed by atoms with van der Waals surface area (Å²) in [6, 6.07) is 0. The SMILES string of the molecule is C/C=C1/CCC2C3C(CC[C@]12C)[C@@]1(C)CC[C@H](O)CC1(C)[C@@H](O)[C@@H]3O. The van der Waals surface area contributed by atoms with Gasteiger partial charge in [0, 0.05) is 5.41 Å². The molecule has 0 heterocycles. The van der Waals surface area contributed by atoms with E-state index in [-0.39, 0.29) is 28.3 Å². The Hall–Kier alpha value is -0.380. The lowest BCUT2D eigenvalue weighted by molar-refractivity contribution is -0.259. The minimum atomic E-state index is -0.731. The minimum absolute atomic E-state index is 0.00948. The van der Waals surface area contributed by atoms with Crippen molar-refractivity contribution in [2.24, 2.45) is 34.0 Å². The van der Waals surface area contributed by atoms with Gasteiger partial charge in [-0.05, 0) is 80.5 Å². The molecule has 0 radical (unpaired) electrons. The Kier molecular flexibility index (Phi) is 4.00. The van der Waals surface area contributed by atoms with Crippen molar-refractivity contribution in [3.05, 3.63) is 11.6 Å². The monoisotopic (exact) mass is 348 g/mol. The molecule has 4 saturated carbocycles. The fraction of sp³-hybridized carbons (Fsp3) is 0.909. The van der Waals surface area contributed by atoms with Crippen LogP contribution in [0.4, 0.5) is 0 Å². The summed E-state index contributed by atoms with van der Waals surface area (Å²) < 4.78 is 0. The lowest BCUT2D eigenvalue weighted by Gasteiger charge is -2.67. The van der Waals surface area contributed by atoms with E-state index >= 15 is 0 Å².